The van der Waals surface area contributed by atoms with Crippen molar-refractivity contribution in [3.8, 4) is 0 Å². The van der Waals surface area contributed by atoms with E-state index in [1.54, 1.807) is 17.0 Å². The first kappa shape index (κ1) is 16.1. The summed E-state index contributed by atoms with van der Waals surface area (Å²) in [5.41, 5.74) is -0.382. The predicted octanol–water partition coefficient (Wildman–Crippen LogP) is 2.81. The van der Waals surface area contributed by atoms with Crippen molar-refractivity contribution in [1.82, 2.24) is 10.2 Å². The molecule has 1 N–H and O–H groups in total. The molecule has 1 aromatic heterocycles. The summed E-state index contributed by atoms with van der Waals surface area (Å²) in [6, 6.07) is 3.52. The fourth-order valence-corrected chi connectivity index (χ4v) is 2.52. The molecule has 6 heteroatoms. The van der Waals surface area contributed by atoms with E-state index in [1.807, 2.05) is 20.8 Å². The summed E-state index contributed by atoms with van der Waals surface area (Å²) in [6.07, 6.45) is 1.55. The number of nitrogens with zero attached hydrogens (tertiary/aromatic N) is 1. The van der Waals surface area contributed by atoms with Crippen LogP contribution in [0.2, 0.25) is 0 Å². The van der Waals surface area contributed by atoms with Crippen molar-refractivity contribution in [1.29, 1.82) is 0 Å². The number of piperidine rings is 1. The number of halogens is 1. The highest BCUT2D eigenvalue weighted by molar-refractivity contribution is 9.10. The molecule has 1 saturated heterocycles. The quantitative estimate of drug-likeness (QED) is 0.885. The normalized spacial score (nSPS) is 16.9. The molecule has 0 bridgehead atoms. The summed E-state index contributed by atoms with van der Waals surface area (Å²) in [7, 11) is 0. The van der Waals surface area contributed by atoms with Crippen LogP contribution in [0.4, 0.5) is 0 Å². The molecule has 0 unspecified atom stereocenters. The Labute approximate surface area is 133 Å². The maximum absolute atomic E-state index is 12.2. The van der Waals surface area contributed by atoms with E-state index in [0.717, 1.165) is 12.8 Å². The van der Waals surface area contributed by atoms with Gasteiger partial charge in [-0.25, -0.2) is 0 Å². The Morgan fingerprint density at radius 1 is 1.29 bits per heavy atom. The van der Waals surface area contributed by atoms with Crippen LogP contribution < -0.4 is 5.32 Å². The average molecular weight is 357 g/mol. The Morgan fingerprint density at radius 3 is 2.38 bits per heavy atom. The van der Waals surface area contributed by atoms with Crippen LogP contribution in [-0.4, -0.2) is 35.8 Å². The highest BCUT2D eigenvalue weighted by Crippen LogP contribution is 2.20. The molecular formula is C15H21BrN2O3. The van der Waals surface area contributed by atoms with Gasteiger partial charge in [-0.15, -0.1) is 0 Å². The van der Waals surface area contributed by atoms with Gasteiger partial charge in [0.15, 0.2) is 10.4 Å². The predicted molar refractivity (Wildman–Crippen MR) is 82.9 cm³/mol. The summed E-state index contributed by atoms with van der Waals surface area (Å²) in [5, 5.41) is 3.05. The number of rotatable bonds is 2. The van der Waals surface area contributed by atoms with Gasteiger partial charge >= 0.3 is 0 Å². The number of likely N-dealkylation sites (tertiary alicyclic amines) is 1. The maximum atomic E-state index is 12.2. The molecule has 0 saturated carbocycles. The monoisotopic (exact) mass is 356 g/mol. The minimum absolute atomic E-state index is 0.0576. The third-order valence-corrected chi connectivity index (χ3v) is 4.01. The summed E-state index contributed by atoms with van der Waals surface area (Å²) in [4.78, 5) is 26.0. The summed E-state index contributed by atoms with van der Waals surface area (Å²) in [5.74, 6) is 0.308. The summed E-state index contributed by atoms with van der Waals surface area (Å²) >= 11 is 3.19. The van der Waals surface area contributed by atoms with Gasteiger partial charge in [-0.3, -0.25) is 9.59 Å². The van der Waals surface area contributed by atoms with Gasteiger partial charge in [-0.2, -0.15) is 0 Å². The number of amides is 2. The zero-order chi connectivity index (χ0) is 15.6. The Morgan fingerprint density at radius 2 is 1.90 bits per heavy atom. The van der Waals surface area contributed by atoms with Gasteiger partial charge in [0.1, 0.15) is 0 Å². The van der Waals surface area contributed by atoms with Crippen molar-refractivity contribution in [2.75, 3.05) is 13.1 Å². The molecule has 21 heavy (non-hydrogen) atoms. The van der Waals surface area contributed by atoms with Crippen LogP contribution in [0.1, 0.15) is 44.2 Å². The highest BCUT2D eigenvalue weighted by atomic mass is 79.9. The van der Waals surface area contributed by atoms with E-state index >= 15 is 0 Å². The number of nitrogens with one attached hydrogen (secondary N) is 1. The molecule has 2 heterocycles. The first-order valence-electron chi connectivity index (χ1n) is 7.13. The molecule has 1 aromatic rings. The van der Waals surface area contributed by atoms with Gasteiger partial charge in [0.2, 0.25) is 5.91 Å². The number of furan rings is 1. The third kappa shape index (κ3) is 4.09. The van der Waals surface area contributed by atoms with Crippen molar-refractivity contribution in [3.05, 3.63) is 22.6 Å². The molecule has 0 spiro atoms. The lowest BCUT2D eigenvalue weighted by Gasteiger charge is -2.33. The van der Waals surface area contributed by atoms with Crippen LogP contribution in [0.3, 0.4) is 0 Å². The van der Waals surface area contributed by atoms with Gasteiger partial charge in [0.25, 0.3) is 5.91 Å². The number of carbonyl (C=O) groups excluding carboxylic acids is 2. The van der Waals surface area contributed by atoms with Gasteiger partial charge < -0.3 is 14.6 Å². The molecule has 0 atom stereocenters. The van der Waals surface area contributed by atoms with Crippen molar-refractivity contribution in [3.63, 3.8) is 0 Å². The maximum Gasteiger partial charge on any atom is 0.289 e. The lowest BCUT2D eigenvalue weighted by molar-refractivity contribution is -0.129. The van der Waals surface area contributed by atoms with Crippen molar-refractivity contribution in [2.24, 2.45) is 5.41 Å². The Kier molecular flexibility index (Phi) is 4.76. The molecule has 1 aliphatic rings. The van der Waals surface area contributed by atoms with E-state index in [1.165, 1.54) is 0 Å². The van der Waals surface area contributed by atoms with Crippen LogP contribution in [0.25, 0.3) is 0 Å². The third-order valence-electron chi connectivity index (χ3n) is 3.58. The Hall–Kier alpha value is -1.30. The van der Waals surface area contributed by atoms with E-state index in [2.05, 4.69) is 21.2 Å². The van der Waals surface area contributed by atoms with Crippen molar-refractivity contribution >= 4 is 27.7 Å². The van der Waals surface area contributed by atoms with Gasteiger partial charge in [0, 0.05) is 24.5 Å². The second kappa shape index (κ2) is 6.22. The largest absolute Gasteiger partial charge is 0.444 e. The van der Waals surface area contributed by atoms with Crippen LogP contribution in [0.5, 0.6) is 0 Å². The second-order valence-corrected chi connectivity index (χ2v) is 7.18. The first-order chi connectivity index (χ1) is 9.77. The highest BCUT2D eigenvalue weighted by Gasteiger charge is 2.29. The molecular weight excluding hydrogens is 336 g/mol. The second-order valence-electron chi connectivity index (χ2n) is 6.39. The zero-order valence-electron chi connectivity index (χ0n) is 12.6. The van der Waals surface area contributed by atoms with Gasteiger partial charge in [-0.05, 0) is 40.9 Å². The fraction of sp³-hybridized carbons (Fsp3) is 0.600. The molecule has 1 fully saturated rings. The summed E-state index contributed by atoms with van der Waals surface area (Å²) in [6.45, 7) is 6.96. The molecule has 1 aliphatic heterocycles. The Balaban J connectivity index is 1.86. The lowest BCUT2D eigenvalue weighted by Crippen LogP contribution is -2.48. The zero-order valence-corrected chi connectivity index (χ0v) is 14.2. The van der Waals surface area contributed by atoms with E-state index < -0.39 is 0 Å². The number of hydrogen-bond acceptors (Lipinski definition) is 3. The lowest BCUT2D eigenvalue weighted by atomic mass is 9.94. The van der Waals surface area contributed by atoms with Crippen LogP contribution >= 0.6 is 15.9 Å². The molecule has 116 valence electrons. The standard InChI is InChI=1S/C15H21BrN2O3/c1-15(2,3)14(20)17-10-6-8-18(9-7-10)13(19)11-4-5-12(16)21-11/h4-5,10H,6-9H2,1-3H3,(H,17,20). The van der Waals surface area contributed by atoms with Crippen molar-refractivity contribution in [2.45, 2.75) is 39.7 Å². The molecule has 0 radical (unpaired) electrons. The molecule has 2 amide bonds. The first-order valence-corrected chi connectivity index (χ1v) is 7.92. The Bertz CT molecular complexity index is 525. The van der Waals surface area contributed by atoms with Crippen molar-refractivity contribution < 1.29 is 14.0 Å². The minimum atomic E-state index is -0.382. The van der Waals surface area contributed by atoms with Crippen LogP contribution in [0.15, 0.2) is 21.2 Å². The van der Waals surface area contributed by atoms with Gasteiger partial charge in [-0.1, -0.05) is 20.8 Å². The SMILES string of the molecule is CC(C)(C)C(=O)NC1CCN(C(=O)c2ccc(Br)o2)CC1. The molecule has 0 aliphatic carbocycles. The molecule has 2 rings (SSSR count). The van der Waals surface area contributed by atoms with Gasteiger partial charge in [0.05, 0.1) is 0 Å². The van der Waals surface area contributed by atoms with E-state index in [9.17, 15) is 9.59 Å². The number of hydrogen-bond donors (Lipinski definition) is 1. The van der Waals surface area contributed by atoms with E-state index in [4.69, 9.17) is 4.42 Å². The summed E-state index contributed by atoms with van der Waals surface area (Å²) < 4.78 is 5.84. The van der Waals surface area contributed by atoms with Crippen LogP contribution in [-0.2, 0) is 4.79 Å². The molecule has 0 aromatic carbocycles. The van der Waals surface area contributed by atoms with E-state index in [-0.39, 0.29) is 23.3 Å². The topological polar surface area (TPSA) is 62.6 Å². The minimum Gasteiger partial charge on any atom is -0.444 e. The fourth-order valence-electron chi connectivity index (χ4n) is 2.21. The van der Waals surface area contributed by atoms with Crippen LogP contribution in [0, 0.1) is 5.41 Å². The van der Waals surface area contributed by atoms with E-state index in [0.29, 0.717) is 23.5 Å². The average Bonchev–Trinajstić information content (AvgIpc) is 2.84. The number of carbonyl (C=O) groups is 2. The molecule has 5 nitrogen and oxygen atoms in total. The smallest absolute Gasteiger partial charge is 0.289 e.